The quantitative estimate of drug-likeness (QED) is 0.811. The van der Waals surface area contributed by atoms with Crippen LogP contribution in [0.1, 0.15) is 49.3 Å². The lowest BCUT2D eigenvalue weighted by molar-refractivity contribution is -0.131. The molecule has 0 aliphatic carbocycles. The number of hydrogen-bond acceptors (Lipinski definition) is 4. The number of aryl methyl sites for hydroxylation is 1. The van der Waals surface area contributed by atoms with Gasteiger partial charge in [-0.3, -0.25) is 4.79 Å². The maximum atomic E-state index is 12.9. The van der Waals surface area contributed by atoms with E-state index < -0.39 is 0 Å². The van der Waals surface area contributed by atoms with Gasteiger partial charge in [-0.25, -0.2) is 0 Å². The lowest BCUT2D eigenvalue weighted by Crippen LogP contribution is -2.43. The van der Waals surface area contributed by atoms with E-state index in [0.717, 1.165) is 56.3 Å². The molecule has 1 amide bonds. The Morgan fingerprint density at radius 3 is 2.92 bits per heavy atom. The van der Waals surface area contributed by atoms with Gasteiger partial charge >= 0.3 is 0 Å². The predicted molar refractivity (Wildman–Crippen MR) is 104 cm³/mol. The molecule has 2 aliphatic rings. The summed E-state index contributed by atoms with van der Waals surface area (Å²) in [5.74, 6) is 3.69. The molecule has 2 aliphatic heterocycles. The molecule has 1 saturated heterocycles. The second-order valence-electron chi connectivity index (χ2n) is 7.29. The normalized spacial score (nSPS) is 20.8. The van der Waals surface area contributed by atoms with Crippen molar-refractivity contribution in [2.24, 2.45) is 0 Å². The first-order valence-electron chi connectivity index (χ1n) is 9.58. The monoisotopic (exact) mass is 370 g/mol. The Morgan fingerprint density at radius 1 is 1.23 bits per heavy atom. The standard InChI is InChI=1S/C20H26N4OS/c1-15(26-14-16-7-3-2-4-8-16)20(25)23-11-5-9-17(13-23)19-22-21-18-10-6-12-24(18)19/h2-4,7-8,15,17H,5-6,9-14H2,1H3/t15-,17+/m0/s1. The molecular formula is C20H26N4OS. The molecule has 2 atom stereocenters. The predicted octanol–water partition coefficient (Wildman–Crippen LogP) is 3.25. The molecule has 1 fully saturated rings. The van der Waals surface area contributed by atoms with Gasteiger partial charge in [0.25, 0.3) is 0 Å². The molecule has 3 heterocycles. The first-order chi connectivity index (χ1) is 12.7. The average molecular weight is 371 g/mol. The highest BCUT2D eigenvalue weighted by atomic mass is 32.2. The highest BCUT2D eigenvalue weighted by Crippen LogP contribution is 2.30. The van der Waals surface area contributed by atoms with Crippen molar-refractivity contribution < 1.29 is 4.79 Å². The van der Waals surface area contributed by atoms with E-state index in [1.807, 2.05) is 17.9 Å². The van der Waals surface area contributed by atoms with E-state index in [1.54, 1.807) is 11.8 Å². The Labute approximate surface area is 159 Å². The minimum Gasteiger partial charge on any atom is -0.341 e. The number of likely N-dealkylation sites (tertiary alicyclic amines) is 1. The Morgan fingerprint density at radius 2 is 2.08 bits per heavy atom. The van der Waals surface area contributed by atoms with Crippen LogP contribution in [0, 0.1) is 0 Å². The van der Waals surface area contributed by atoms with E-state index in [-0.39, 0.29) is 11.2 Å². The molecule has 5 nitrogen and oxygen atoms in total. The SMILES string of the molecule is C[C@H](SCc1ccccc1)C(=O)N1CCC[C@@H](c2nnc3n2CCC3)C1. The molecule has 0 radical (unpaired) electrons. The average Bonchev–Trinajstić information content (AvgIpc) is 3.30. The second kappa shape index (κ2) is 7.82. The molecule has 26 heavy (non-hydrogen) atoms. The summed E-state index contributed by atoms with van der Waals surface area (Å²) in [5.41, 5.74) is 1.27. The summed E-state index contributed by atoms with van der Waals surface area (Å²) in [6.45, 7) is 4.72. The zero-order chi connectivity index (χ0) is 17.9. The number of benzene rings is 1. The summed E-state index contributed by atoms with van der Waals surface area (Å²) < 4.78 is 2.28. The fourth-order valence-electron chi connectivity index (χ4n) is 3.99. The second-order valence-corrected chi connectivity index (χ2v) is 8.62. The largest absolute Gasteiger partial charge is 0.341 e. The van der Waals surface area contributed by atoms with Crippen molar-refractivity contribution in [2.45, 2.75) is 56.1 Å². The van der Waals surface area contributed by atoms with Crippen LogP contribution in [0.3, 0.4) is 0 Å². The lowest BCUT2D eigenvalue weighted by atomic mass is 9.97. The van der Waals surface area contributed by atoms with E-state index in [9.17, 15) is 4.79 Å². The van der Waals surface area contributed by atoms with Crippen LogP contribution >= 0.6 is 11.8 Å². The van der Waals surface area contributed by atoms with Crippen molar-refractivity contribution in [3.8, 4) is 0 Å². The summed E-state index contributed by atoms with van der Waals surface area (Å²) in [6, 6.07) is 10.4. The van der Waals surface area contributed by atoms with E-state index in [4.69, 9.17) is 0 Å². The Bertz CT molecular complexity index is 760. The molecule has 0 spiro atoms. The van der Waals surface area contributed by atoms with Gasteiger partial charge in [-0.15, -0.1) is 22.0 Å². The molecule has 0 bridgehead atoms. The third kappa shape index (κ3) is 3.65. The van der Waals surface area contributed by atoms with Crippen molar-refractivity contribution in [3.05, 3.63) is 47.5 Å². The molecule has 1 aromatic heterocycles. The van der Waals surface area contributed by atoms with Gasteiger partial charge in [-0.2, -0.15) is 0 Å². The van der Waals surface area contributed by atoms with Crippen LogP contribution in [0.15, 0.2) is 30.3 Å². The number of carbonyl (C=O) groups is 1. The summed E-state index contributed by atoms with van der Waals surface area (Å²) in [7, 11) is 0. The third-order valence-electron chi connectivity index (χ3n) is 5.43. The minimum absolute atomic E-state index is 0.0157. The van der Waals surface area contributed by atoms with Crippen LogP contribution in [0.25, 0.3) is 0 Å². The van der Waals surface area contributed by atoms with E-state index in [0.29, 0.717) is 5.92 Å². The molecule has 0 unspecified atom stereocenters. The molecule has 1 aromatic carbocycles. The summed E-state index contributed by atoms with van der Waals surface area (Å²) in [4.78, 5) is 15.0. The molecule has 0 N–H and O–H groups in total. The number of thioether (sulfide) groups is 1. The van der Waals surface area contributed by atoms with Crippen molar-refractivity contribution in [1.29, 1.82) is 0 Å². The Balaban J connectivity index is 1.36. The molecule has 138 valence electrons. The number of rotatable bonds is 5. The third-order valence-corrected chi connectivity index (χ3v) is 6.63. The maximum absolute atomic E-state index is 12.9. The summed E-state index contributed by atoms with van der Waals surface area (Å²) in [5, 5.41) is 8.78. The zero-order valence-electron chi connectivity index (χ0n) is 15.3. The van der Waals surface area contributed by atoms with Crippen molar-refractivity contribution in [3.63, 3.8) is 0 Å². The van der Waals surface area contributed by atoms with E-state index in [1.165, 1.54) is 12.0 Å². The fraction of sp³-hybridized carbons (Fsp3) is 0.550. The van der Waals surface area contributed by atoms with Gasteiger partial charge in [0.2, 0.25) is 5.91 Å². The van der Waals surface area contributed by atoms with Crippen LogP contribution in [-0.2, 0) is 23.5 Å². The van der Waals surface area contributed by atoms with Crippen LogP contribution in [0.2, 0.25) is 0 Å². The molecule has 6 heteroatoms. The van der Waals surface area contributed by atoms with Gasteiger partial charge in [-0.1, -0.05) is 30.3 Å². The number of piperidine rings is 1. The molecule has 4 rings (SSSR count). The molecule has 2 aromatic rings. The van der Waals surface area contributed by atoms with Crippen LogP contribution in [0.5, 0.6) is 0 Å². The number of nitrogens with zero attached hydrogens (tertiary/aromatic N) is 4. The number of aromatic nitrogens is 3. The number of fused-ring (bicyclic) bond motifs is 1. The number of carbonyl (C=O) groups excluding carboxylic acids is 1. The number of amides is 1. The van der Waals surface area contributed by atoms with Gasteiger partial charge in [0.05, 0.1) is 5.25 Å². The van der Waals surface area contributed by atoms with Gasteiger partial charge in [-0.05, 0) is 31.7 Å². The van der Waals surface area contributed by atoms with E-state index >= 15 is 0 Å². The summed E-state index contributed by atoms with van der Waals surface area (Å²) in [6.07, 6.45) is 4.36. The van der Waals surface area contributed by atoms with Crippen molar-refractivity contribution >= 4 is 17.7 Å². The topological polar surface area (TPSA) is 51.0 Å². The fourth-order valence-corrected chi connectivity index (χ4v) is 4.91. The lowest BCUT2D eigenvalue weighted by Gasteiger charge is -2.33. The number of hydrogen-bond donors (Lipinski definition) is 0. The highest BCUT2D eigenvalue weighted by molar-refractivity contribution is 7.99. The minimum atomic E-state index is -0.0157. The van der Waals surface area contributed by atoms with Gasteiger partial charge in [0.15, 0.2) is 0 Å². The highest BCUT2D eigenvalue weighted by Gasteiger charge is 2.31. The van der Waals surface area contributed by atoms with Crippen molar-refractivity contribution in [1.82, 2.24) is 19.7 Å². The Hall–Kier alpha value is -1.82. The van der Waals surface area contributed by atoms with Crippen LogP contribution in [0.4, 0.5) is 0 Å². The zero-order valence-corrected chi connectivity index (χ0v) is 16.1. The van der Waals surface area contributed by atoms with Gasteiger partial charge in [0.1, 0.15) is 11.6 Å². The van der Waals surface area contributed by atoms with Crippen molar-refractivity contribution in [2.75, 3.05) is 13.1 Å². The molecule has 0 saturated carbocycles. The van der Waals surface area contributed by atoms with Crippen LogP contribution < -0.4 is 0 Å². The Kier molecular flexibility index (Phi) is 5.29. The molecular weight excluding hydrogens is 344 g/mol. The first kappa shape index (κ1) is 17.6. The van der Waals surface area contributed by atoms with Gasteiger partial charge < -0.3 is 9.47 Å². The smallest absolute Gasteiger partial charge is 0.235 e. The van der Waals surface area contributed by atoms with Gasteiger partial charge in [0, 0.05) is 37.7 Å². The van der Waals surface area contributed by atoms with Crippen LogP contribution in [-0.4, -0.2) is 43.9 Å². The van der Waals surface area contributed by atoms with E-state index in [2.05, 4.69) is 39.0 Å². The first-order valence-corrected chi connectivity index (χ1v) is 10.6. The summed E-state index contributed by atoms with van der Waals surface area (Å²) >= 11 is 1.73. The maximum Gasteiger partial charge on any atom is 0.235 e.